The van der Waals surface area contributed by atoms with Gasteiger partial charge in [-0.05, 0) is 25.1 Å². The zero-order chi connectivity index (χ0) is 13.9. The molecule has 0 radical (unpaired) electrons. The Morgan fingerprint density at radius 3 is 3.00 bits per heavy atom. The van der Waals surface area contributed by atoms with Crippen LogP contribution < -0.4 is 0 Å². The molecule has 0 unspecified atom stereocenters. The fraction of sp³-hybridized carbons (Fsp3) is 0.154. The molecule has 0 aliphatic carbocycles. The van der Waals surface area contributed by atoms with Gasteiger partial charge in [0.25, 0.3) is 0 Å². The molecule has 3 rings (SSSR count). The zero-order valence-corrected chi connectivity index (χ0v) is 12.2. The highest BCUT2D eigenvalue weighted by atomic mass is 35.5. The van der Waals surface area contributed by atoms with Crippen molar-refractivity contribution in [2.24, 2.45) is 0 Å². The van der Waals surface area contributed by atoms with Gasteiger partial charge in [-0.3, -0.25) is 5.10 Å². The van der Waals surface area contributed by atoms with Crippen molar-refractivity contribution in [3.05, 3.63) is 47.1 Å². The molecule has 7 heteroatoms. The first-order valence-corrected chi connectivity index (χ1v) is 7.29. The van der Waals surface area contributed by atoms with E-state index in [1.165, 1.54) is 11.8 Å². The lowest BCUT2D eigenvalue weighted by Crippen LogP contribution is -1.83. The van der Waals surface area contributed by atoms with Crippen LogP contribution >= 0.6 is 23.4 Å². The first kappa shape index (κ1) is 13.2. The van der Waals surface area contributed by atoms with Crippen molar-refractivity contribution >= 4 is 23.4 Å². The standard InChI is InChI=1S/C13H11ClN4OS/c1-8-15-13(18-17-8)20-7-11-6-19-12(16-11)9-3-2-4-10(14)5-9/h2-6H,7H2,1H3,(H,15,17,18). The van der Waals surface area contributed by atoms with Gasteiger partial charge in [0, 0.05) is 16.3 Å². The predicted octanol–water partition coefficient (Wildman–Crippen LogP) is 3.71. The van der Waals surface area contributed by atoms with E-state index in [0.717, 1.165) is 17.1 Å². The summed E-state index contributed by atoms with van der Waals surface area (Å²) < 4.78 is 5.47. The van der Waals surface area contributed by atoms with Gasteiger partial charge in [0.2, 0.25) is 11.0 Å². The topological polar surface area (TPSA) is 67.6 Å². The van der Waals surface area contributed by atoms with Crippen molar-refractivity contribution in [1.29, 1.82) is 0 Å². The van der Waals surface area contributed by atoms with Crippen LogP contribution in [0.2, 0.25) is 5.02 Å². The SMILES string of the molecule is Cc1nc(SCc2coc(-c3cccc(Cl)c3)n2)n[nH]1. The average molecular weight is 307 g/mol. The third kappa shape index (κ3) is 3.02. The average Bonchev–Trinajstić information content (AvgIpc) is 3.05. The third-order valence-electron chi connectivity index (χ3n) is 2.55. The molecule has 0 saturated heterocycles. The molecule has 3 aromatic rings. The van der Waals surface area contributed by atoms with Gasteiger partial charge in [0.05, 0.1) is 5.69 Å². The molecule has 0 atom stereocenters. The number of rotatable bonds is 4. The Hall–Kier alpha value is -1.79. The van der Waals surface area contributed by atoms with E-state index in [2.05, 4.69) is 20.2 Å². The number of hydrogen-bond acceptors (Lipinski definition) is 5. The molecule has 0 aliphatic rings. The third-order valence-corrected chi connectivity index (χ3v) is 3.67. The van der Waals surface area contributed by atoms with Crippen molar-refractivity contribution in [2.75, 3.05) is 0 Å². The predicted molar refractivity (Wildman–Crippen MR) is 77.6 cm³/mol. The van der Waals surface area contributed by atoms with Crippen LogP contribution in [-0.4, -0.2) is 20.2 Å². The Morgan fingerprint density at radius 2 is 2.25 bits per heavy atom. The maximum atomic E-state index is 5.95. The van der Waals surface area contributed by atoms with Crippen molar-refractivity contribution in [2.45, 2.75) is 17.8 Å². The van der Waals surface area contributed by atoms with E-state index in [9.17, 15) is 0 Å². The van der Waals surface area contributed by atoms with Crippen LogP contribution in [0.15, 0.2) is 40.1 Å². The van der Waals surface area contributed by atoms with Gasteiger partial charge in [0.15, 0.2) is 0 Å². The van der Waals surface area contributed by atoms with Crippen molar-refractivity contribution in [3.8, 4) is 11.5 Å². The number of oxazole rings is 1. The molecule has 0 spiro atoms. The van der Waals surface area contributed by atoms with Gasteiger partial charge in [-0.1, -0.05) is 29.4 Å². The van der Waals surface area contributed by atoms with Gasteiger partial charge in [-0.25, -0.2) is 9.97 Å². The summed E-state index contributed by atoms with van der Waals surface area (Å²) in [5.41, 5.74) is 1.70. The quantitative estimate of drug-likeness (QED) is 0.744. The molecular weight excluding hydrogens is 296 g/mol. The molecule has 0 aliphatic heterocycles. The van der Waals surface area contributed by atoms with E-state index in [0.29, 0.717) is 21.8 Å². The highest BCUT2D eigenvalue weighted by Crippen LogP contribution is 2.24. The second-order valence-corrected chi connectivity index (χ2v) is 5.53. The highest BCUT2D eigenvalue weighted by Gasteiger charge is 2.09. The monoisotopic (exact) mass is 306 g/mol. The number of nitrogens with zero attached hydrogens (tertiary/aromatic N) is 3. The Bertz CT molecular complexity index is 724. The van der Waals surface area contributed by atoms with Gasteiger partial charge >= 0.3 is 0 Å². The number of benzene rings is 1. The summed E-state index contributed by atoms with van der Waals surface area (Å²) >= 11 is 7.46. The Morgan fingerprint density at radius 1 is 1.35 bits per heavy atom. The summed E-state index contributed by atoms with van der Waals surface area (Å²) in [6, 6.07) is 7.42. The van der Waals surface area contributed by atoms with Crippen LogP contribution in [0, 0.1) is 6.92 Å². The first-order valence-electron chi connectivity index (χ1n) is 5.93. The van der Waals surface area contributed by atoms with Crippen molar-refractivity contribution in [3.63, 3.8) is 0 Å². The summed E-state index contributed by atoms with van der Waals surface area (Å²) in [4.78, 5) is 8.65. The van der Waals surface area contributed by atoms with Crippen LogP contribution in [0.25, 0.3) is 11.5 Å². The fourth-order valence-corrected chi connectivity index (χ4v) is 2.56. The lowest BCUT2D eigenvalue weighted by atomic mass is 10.2. The van der Waals surface area contributed by atoms with Crippen LogP contribution in [0.3, 0.4) is 0 Å². The van der Waals surface area contributed by atoms with Gasteiger partial charge in [-0.2, -0.15) is 0 Å². The Balaban J connectivity index is 1.70. The molecule has 2 aromatic heterocycles. The molecule has 0 fully saturated rings. The first-order chi connectivity index (χ1) is 9.70. The van der Waals surface area contributed by atoms with E-state index >= 15 is 0 Å². The molecule has 1 aromatic carbocycles. The van der Waals surface area contributed by atoms with Crippen LogP contribution in [-0.2, 0) is 5.75 Å². The van der Waals surface area contributed by atoms with E-state index < -0.39 is 0 Å². The maximum absolute atomic E-state index is 5.95. The van der Waals surface area contributed by atoms with E-state index in [1.807, 2.05) is 31.2 Å². The fourth-order valence-electron chi connectivity index (χ4n) is 1.65. The summed E-state index contributed by atoms with van der Waals surface area (Å²) in [6.45, 7) is 1.87. The molecule has 2 heterocycles. The van der Waals surface area contributed by atoms with E-state index in [1.54, 1.807) is 6.26 Å². The van der Waals surface area contributed by atoms with Crippen molar-refractivity contribution in [1.82, 2.24) is 20.2 Å². The lowest BCUT2D eigenvalue weighted by molar-refractivity contribution is 0.573. The molecule has 0 bridgehead atoms. The molecule has 102 valence electrons. The molecular formula is C13H11ClN4OS. The lowest BCUT2D eigenvalue weighted by Gasteiger charge is -1.95. The smallest absolute Gasteiger partial charge is 0.226 e. The maximum Gasteiger partial charge on any atom is 0.226 e. The molecule has 0 saturated carbocycles. The summed E-state index contributed by atoms with van der Waals surface area (Å²) in [6.07, 6.45) is 1.64. The van der Waals surface area contributed by atoms with E-state index in [4.69, 9.17) is 16.0 Å². The minimum absolute atomic E-state index is 0.564. The number of nitrogens with one attached hydrogen (secondary N) is 1. The molecule has 20 heavy (non-hydrogen) atoms. The summed E-state index contributed by atoms with van der Waals surface area (Å²) in [5, 5.41) is 8.22. The van der Waals surface area contributed by atoms with Gasteiger partial charge in [-0.15, -0.1) is 5.10 Å². The van der Waals surface area contributed by atoms with Gasteiger partial charge < -0.3 is 4.42 Å². The highest BCUT2D eigenvalue weighted by molar-refractivity contribution is 7.98. The molecule has 1 N–H and O–H groups in total. The number of aryl methyl sites for hydroxylation is 1. The normalized spacial score (nSPS) is 10.9. The Labute approximate surface area is 124 Å². The van der Waals surface area contributed by atoms with Crippen LogP contribution in [0.1, 0.15) is 11.5 Å². The molecule has 5 nitrogen and oxygen atoms in total. The summed E-state index contributed by atoms with van der Waals surface area (Å²) in [7, 11) is 0. The minimum Gasteiger partial charge on any atom is -0.444 e. The number of H-pyrrole nitrogens is 1. The largest absolute Gasteiger partial charge is 0.444 e. The Kier molecular flexibility index (Phi) is 3.75. The van der Waals surface area contributed by atoms with Crippen molar-refractivity contribution < 1.29 is 4.42 Å². The minimum atomic E-state index is 0.564. The second-order valence-electron chi connectivity index (χ2n) is 4.15. The zero-order valence-electron chi connectivity index (χ0n) is 10.6. The van der Waals surface area contributed by atoms with Crippen LogP contribution in [0.5, 0.6) is 0 Å². The van der Waals surface area contributed by atoms with Crippen LogP contribution in [0.4, 0.5) is 0 Å². The number of aromatic amines is 1. The second kappa shape index (κ2) is 5.68. The number of thioether (sulfide) groups is 1. The van der Waals surface area contributed by atoms with E-state index in [-0.39, 0.29) is 0 Å². The summed E-state index contributed by atoms with van der Waals surface area (Å²) in [5.74, 6) is 2.02. The van der Waals surface area contributed by atoms with Gasteiger partial charge in [0.1, 0.15) is 12.1 Å². The number of aromatic nitrogens is 4. The number of hydrogen-bond donors (Lipinski definition) is 1. The number of halogens is 1. The molecule has 0 amide bonds.